The zero-order valence-electron chi connectivity index (χ0n) is 20.3. The van der Waals surface area contributed by atoms with E-state index in [0.717, 1.165) is 0 Å². The van der Waals surface area contributed by atoms with Crippen LogP contribution in [-0.4, -0.2) is 75.7 Å². The van der Waals surface area contributed by atoms with Gasteiger partial charge < -0.3 is 42.7 Å². The molecule has 0 bridgehead atoms. The van der Waals surface area contributed by atoms with Crippen molar-refractivity contribution in [2.75, 3.05) is 6.61 Å². The van der Waals surface area contributed by atoms with Gasteiger partial charge in [-0.2, -0.15) is 0 Å². The average molecular weight is 510 g/mol. The van der Waals surface area contributed by atoms with E-state index in [-0.39, 0.29) is 30.9 Å². The van der Waals surface area contributed by atoms with Gasteiger partial charge >= 0.3 is 5.97 Å². The normalized spacial score (nSPS) is 14.2. The summed E-state index contributed by atoms with van der Waals surface area (Å²) in [7, 11) is 0. The first kappa shape index (κ1) is 30.3. The second kappa shape index (κ2) is 14.6. The van der Waals surface area contributed by atoms with Crippen LogP contribution in [0, 0.1) is 5.92 Å². The van der Waals surface area contributed by atoms with Gasteiger partial charge in [-0.1, -0.05) is 26.0 Å². The van der Waals surface area contributed by atoms with Crippen LogP contribution in [0.3, 0.4) is 0 Å². The lowest BCUT2D eigenvalue weighted by Gasteiger charge is -2.24. The largest absolute Gasteiger partial charge is 0.508 e. The van der Waals surface area contributed by atoms with Crippen molar-refractivity contribution >= 4 is 29.6 Å². The molecule has 0 saturated carbocycles. The quantitative estimate of drug-likeness (QED) is 0.132. The number of rotatable bonds is 15. The maximum atomic E-state index is 12.9. The second-order valence-corrected chi connectivity index (χ2v) is 8.82. The van der Waals surface area contributed by atoms with E-state index in [0.29, 0.717) is 12.0 Å². The number of carboxylic acids is 1. The molecule has 0 saturated heterocycles. The summed E-state index contributed by atoms with van der Waals surface area (Å²) in [4.78, 5) is 60.6. The molecule has 0 spiro atoms. The van der Waals surface area contributed by atoms with E-state index < -0.39 is 60.4 Å². The molecule has 0 radical (unpaired) electrons. The highest BCUT2D eigenvalue weighted by Crippen LogP contribution is 2.12. The van der Waals surface area contributed by atoms with Crippen molar-refractivity contribution < 1.29 is 39.3 Å². The molecule has 0 heterocycles. The third-order valence-electron chi connectivity index (χ3n) is 5.18. The van der Waals surface area contributed by atoms with Crippen molar-refractivity contribution in [3.8, 4) is 5.75 Å². The van der Waals surface area contributed by atoms with Gasteiger partial charge in [-0.25, -0.2) is 4.79 Å². The van der Waals surface area contributed by atoms with Crippen LogP contribution in [0.5, 0.6) is 5.75 Å². The molecule has 0 aromatic heterocycles. The molecule has 0 aliphatic carbocycles. The fourth-order valence-corrected chi connectivity index (χ4v) is 3.25. The maximum absolute atomic E-state index is 12.9. The monoisotopic (exact) mass is 509 g/mol. The van der Waals surface area contributed by atoms with E-state index in [1.165, 1.54) is 24.3 Å². The van der Waals surface area contributed by atoms with Gasteiger partial charge in [-0.05, 0) is 36.5 Å². The Labute approximate surface area is 208 Å². The molecular weight excluding hydrogens is 474 g/mol. The lowest BCUT2D eigenvalue weighted by atomic mass is 10.0. The van der Waals surface area contributed by atoms with Crippen molar-refractivity contribution in [1.29, 1.82) is 0 Å². The molecule has 0 aliphatic heterocycles. The number of nitrogens with one attached hydrogen (secondary N) is 3. The van der Waals surface area contributed by atoms with Gasteiger partial charge in [0, 0.05) is 12.8 Å². The minimum Gasteiger partial charge on any atom is -0.508 e. The number of nitrogens with two attached hydrogens (primary N) is 2. The summed E-state index contributed by atoms with van der Waals surface area (Å²) >= 11 is 0. The van der Waals surface area contributed by atoms with Crippen LogP contribution in [0.25, 0.3) is 0 Å². The van der Waals surface area contributed by atoms with E-state index in [9.17, 15) is 39.3 Å². The summed E-state index contributed by atoms with van der Waals surface area (Å²) in [5, 5.41) is 35.5. The Bertz CT molecular complexity index is 922. The smallest absolute Gasteiger partial charge is 0.326 e. The average Bonchev–Trinajstić information content (AvgIpc) is 2.79. The first-order valence-electron chi connectivity index (χ1n) is 11.4. The van der Waals surface area contributed by atoms with Gasteiger partial charge in [0.15, 0.2) is 0 Å². The topological polar surface area (TPSA) is 234 Å². The summed E-state index contributed by atoms with van der Waals surface area (Å²) in [6, 6.07) is 0.622. The number of hydrogen-bond donors (Lipinski definition) is 8. The van der Waals surface area contributed by atoms with Crippen molar-refractivity contribution in [2.45, 2.75) is 63.7 Å². The minimum absolute atomic E-state index is 0.0260. The number of carboxylic acid groups (broad SMARTS) is 1. The summed E-state index contributed by atoms with van der Waals surface area (Å²) < 4.78 is 0. The molecule has 13 heteroatoms. The predicted octanol–water partition coefficient (Wildman–Crippen LogP) is -1.90. The number of aliphatic hydroxyl groups is 1. The van der Waals surface area contributed by atoms with E-state index in [2.05, 4.69) is 16.0 Å². The van der Waals surface area contributed by atoms with Gasteiger partial charge in [0.2, 0.25) is 23.6 Å². The molecule has 1 aromatic carbocycles. The van der Waals surface area contributed by atoms with Crippen LogP contribution in [0.4, 0.5) is 0 Å². The van der Waals surface area contributed by atoms with Crippen molar-refractivity contribution in [1.82, 2.24) is 16.0 Å². The van der Waals surface area contributed by atoms with E-state index >= 15 is 0 Å². The fraction of sp³-hybridized carbons (Fsp3) is 0.522. The first-order chi connectivity index (χ1) is 16.8. The highest BCUT2D eigenvalue weighted by molar-refractivity contribution is 5.94. The molecule has 1 rings (SSSR count). The number of aromatic hydroxyl groups is 1. The highest BCUT2D eigenvalue weighted by atomic mass is 16.4. The number of carbonyl (C=O) groups is 5. The lowest BCUT2D eigenvalue weighted by molar-refractivity contribution is -0.142. The van der Waals surface area contributed by atoms with Crippen LogP contribution in [-0.2, 0) is 30.4 Å². The van der Waals surface area contributed by atoms with E-state index in [1.54, 1.807) is 0 Å². The number of amides is 4. The fourth-order valence-electron chi connectivity index (χ4n) is 3.25. The first-order valence-corrected chi connectivity index (χ1v) is 11.4. The second-order valence-electron chi connectivity index (χ2n) is 8.82. The number of hydrogen-bond acceptors (Lipinski definition) is 8. The summed E-state index contributed by atoms with van der Waals surface area (Å²) in [6.07, 6.45) is -0.320. The Morgan fingerprint density at radius 2 is 1.42 bits per heavy atom. The van der Waals surface area contributed by atoms with Crippen molar-refractivity contribution in [2.24, 2.45) is 17.4 Å². The molecule has 4 amide bonds. The SMILES string of the molecule is CC(C)CC(N)C(=O)NC(CO)C(=O)NC(Cc1ccc(O)cc1)C(=O)NC(CCC(N)=O)C(=O)O. The van der Waals surface area contributed by atoms with Crippen LogP contribution in [0.15, 0.2) is 24.3 Å². The number of benzene rings is 1. The van der Waals surface area contributed by atoms with E-state index in [4.69, 9.17) is 11.5 Å². The van der Waals surface area contributed by atoms with Gasteiger partial charge in [0.1, 0.15) is 23.9 Å². The van der Waals surface area contributed by atoms with Crippen LogP contribution in [0.2, 0.25) is 0 Å². The van der Waals surface area contributed by atoms with Gasteiger partial charge in [-0.15, -0.1) is 0 Å². The standard InChI is InChI=1S/C23H35N5O8/c1-12(2)9-15(24)20(32)28-18(11-29)22(34)27-17(10-13-3-5-14(30)6-4-13)21(33)26-16(23(35)36)7-8-19(25)31/h3-6,12,15-18,29-30H,7-11,24H2,1-2H3,(H2,25,31)(H,26,33)(H,27,34)(H,28,32)(H,35,36). The highest BCUT2D eigenvalue weighted by Gasteiger charge is 2.30. The number of aliphatic carboxylic acids is 1. The van der Waals surface area contributed by atoms with Crippen LogP contribution in [0.1, 0.15) is 38.7 Å². The number of phenols is 1. The molecule has 200 valence electrons. The minimum atomic E-state index is -1.45. The lowest BCUT2D eigenvalue weighted by Crippen LogP contribution is -2.58. The van der Waals surface area contributed by atoms with Gasteiger partial charge in [0.05, 0.1) is 12.6 Å². The van der Waals surface area contributed by atoms with Crippen LogP contribution < -0.4 is 27.4 Å². The maximum Gasteiger partial charge on any atom is 0.326 e. The molecule has 13 nitrogen and oxygen atoms in total. The van der Waals surface area contributed by atoms with Gasteiger partial charge in [0.25, 0.3) is 0 Å². The Morgan fingerprint density at radius 1 is 0.889 bits per heavy atom. The Balaban J connectivity index is 3.05. The summed E-state index contributed by atoms with van der Waals surface area (Å²) in [6.45, 7) is 2.95. The molecule has 4 atom stereocenters. The molecule has 0 aliphatic rings. The predicted molar refractivity (Wildman–Crippen MR) is 128 cm³/mol. The Kier molecular flexibility index (Phi) is 12.3. The Morgan fingerprint density at radius 3 is 1.92 bits per heavy atom. The molecule has 36 heavy (non-hydrogen) atoms. The molecule has 0 fully saturated rings. The summed E-state index contributed by atoms with van der Waals surface area (Å²) in [5.41, 5.74) is 11.4. The van der Waals surface area contributed by atoms with Crippen molar-refractivity contribution in [3.05, 3.63) is 29.8 Å². The number of carbonyl (C=O) groups excluding carboxylic acids is 4. The molecule has 10 N–H and O–H groups in total. The number of phenolic OH excluding ortho intramolecular Hbond substituents is 1. The van der Waals surface area contributed by atoms with Crippen LogP contribution >= 0.6 is 0 Å². The van der Waals surface area contributed by atoms with E-state index in [1.807, 2.05) is 13.8 Å². The van der Waals surface area contributed by atoms with Gasteiger partial charge in [-0.3, -0.25) is 19.2 Å². The molecule has 4 unspecified atom stereocenters. The Hall–Kier alpha value is -3.71. The third-order valence-corrected chi connectivity index (χ3v) is 5.18. The third kappa shape index (κ3) is 10.7. The zero-order chi connectivity index (χ0) is 27.4. The molecule has 1 aromatic rings. The van der Waals surface area contributed by atoms with Crippen molar-refractivity contribution in [3.63, 3.8) is 0 Å². The molecular formula is C23H35N5O8. The zero-order valence-corrected chi connectivity index (χ0v) is 20.3. The number of primary amides is 1. The number of aliphatic hydroxyl groups excluding tert-OH is 1. The summed E-state index contributed by atoms with van der Waals surface area (Å²) in [5.74, 6) is -4.50.